The molecule has 2 aromatic heterocycles. The molecule has 8 nitrogen and oxygen atoms in total. The van der Waals surface area contributed by atoms with Crippen LogP contribution in [0.2, 0.25) is 18.1 Å². The number of carbonyl (C=O) groups excluding carboxylic acids is 2. The number of amides is 1. The van der Waals surface area contributed by atoms with Crippen LogP contribution in [0.4, 0.5) is 10.6 Å². The first-order valence-corrected chi connectivity index (χ1v) is 14.1. The van der Waals surface area contributed by atoms with Crippen molar-refractivity contribution in [2.75, 3.05) is 11.9 Å². The molecule has 0 saturated carbocycles. The van der Waals surface area contributed by atoms with Crippen molar-refractivity contribution in [3.63, 3.8) is 0 Å². The molecule has 1 amide bonds. The quantitative estimate of drug-likeness (QED) is 0.591. The Morgan fingerprint density at radius 1 is 1.19 bits per heavy atom. The molecule has 0 bridgehead atoms. The van der Waals surface area contributed by atoms with Crippen molar-refractivity contribution in [2.24, 2.45) is 0 Å². The number of hydrogen-bond donors (Lipinski definition) is 2. The van der Waals surface area contributed by atoms with Crippen LogP contribution in [0.1, 0.15) is 48.0 Å². The molecule has 0 radical (unpaired) electrons. The lowest BCUT2D eigenvalue weighted by atomic mass is 10.1. The van der Waals surface area contributed by atoms with Crippen LogP contribution in [0.15, 0.2) is 24.4 Å². The summed E-state index contributed by atoms with van der Waals surface area (Å²) in [6, 6.07) is 7.97. The van der Waals surface area contributed by atoms with E-state index in [2.05, 4.69) is 36.4 Å². The van der Waals surface area contributed by atoms with Crippen molar-refractivity contribution >= 4 is 37.2 Å². The average molecular weight is 461 g/mol. The Morgan fingerprint density at radius 2 is 1.88 bits per heavy atom. The van der Waals surface area contributed by atoms with Gasteiger partial charge in [-0.1, -0.05) is 20.8 Å². The molecule has 0 spiro atoms. The summed E-state index contributed by atoms with van der Waals surface area (Å²) in [6.45, 7) is 12.8. The summed E-state index contributed by atoms with van der Waals surface area (Å²) in [5, 5.41) is 6.21. The molecule has 1 aliphatic heterocycles. The normalized spacial score (nSPS) is 19.3. The molecule has 2 N–H and O–H groups in total. The van der Waals surface area contributed by atoms with Gasteiger partial charge in [0.05, 0.1) is 17.1 Å². The Balaban J connectivity index is 1.72. The second-order valence-corrected chi connectivity index (χ2v) is 14.1. The highest BCUT2D eigenvalue weighted by molar-refractivity contribution is 6.73. The topological polar surface area (TPSA) is 94.5 Å². The van der Waals surface area contributed by atoms with Crippen LogP contribution in [0, 0.1) is 0 Å². The largest absolute Gasteiger partial charge is 0.443 e. The highest BCUT2D eigenvalue weighted by Gasteiger charge is 2.40. The molecule has 2 aromatic rings. The van der Waals surface area contributed by atoms with Crippen LogP contribution in [-0.2, 0) is 14.0 Å². The molecule has 3 heterocycles. The van der Waals surface area contributed by atoms with Crippen molar-refractivity contribution in [1.82, 2.24) is 14.9 Å². The van der Waals surface area contributed by atoms with Crippen molar-refractivity contribution in [2.45, 2.75) is 83.8 Å². The van der Waals surface area contributed by atoms with E-state index in [1.807, 2.05) is 20.8 Å². The maximum Gasteiger partial charge on any atom is 0.419 e. The van der Waals surface area contributed by atoms with Crippen molar-refractivity contribution in [3.05, 3.63) is 24.4 Å². The first-order valence-electron chi connectivity index (χ1n) is 11.5. The molecular weight excluding hydrogens is 424 g/mol. The Labute approximate surface area is 191 Å². The number of carbonyl (C=O) groups is 2. The summed E-state index contributed by atoms with van der Waals surface area (Å²) >= 11 is 0. The lowest BCUT2D eigenvalue weighted by Crippen LogP contribution is -2.49. The first kappa shape index (κ1) is 24.4. The van der Waals surface area contributed by atoms with Crippen LogP contribution in [-0.4, -0.2) is 54.2 Å². The summed E-state index contributed by atoms with van der Waals surface area (Å²) in [5.41, 5.74) is 0.646. The molecule has 32 heavy (non-hydrogen) atoms. The Bertz CT molecular complexity index is 956. The number of nitrogens with one attached hydrogen (secondary N) is 2. The molecule has 1 saturated heterocycles. The Morgan fingerprint density at radius 3 is 2.50 bits per heavy atom. The number of rotatable bonds is 7. The van der Waals surface area contributed by atoms with Crippen molar-refractivity contribution < 1.29 is 18.8 Å². The van der Waals surface area contributed by atoms with Gasteiger partial charge < -0.3 is 19.8 Å². The highest BCUT2D eigenvalue weighted by Crippen LogP contribution is 2.27. The third-order valence-electron chi connectivity index (χ3n) is 6.17. The van der Waals surface area contributed by atoms with Gasteiger partial charge >= 0.3 is 6.09 Å². The molecule has 3 rings (SSSR count). The fourth-order valence-corrected chi connectivity index (χ4v) is 7.05. The fourth-order valence-electron chi connectivity index (χ4n) is 4.15. The Hall–Kier alpha value is -2.23. The van der Waals surface area contributed by atoms with Gasteiger partial charge in [0.2, 0.25) is 5.91 Å². The van der Waals surface area contributed by atoms with E-state index in [0.29, 0.717) is 16.9 Å². The summed E-state index contributed by atoms with van der Waals surface area (Å²) < 4.78 is 13.5. The maximum atomic E-state index is 13.0. The molecule has 9 heteroatoms. The molecule has 176 valence electrons. The summed E-state index contributed by atoms with van der Waals surface area (Å²) in [7, 11) is -1.81. The standard InChI is InChI=1S/C23H36N4O4Si/c1-7-32(8-2,9-3)31-18-12-14-24-20(18)21(28)26-19-11-10-17-16(25-19)13-15-27(17)22(29)30-23(4,5)6/h10-11,13,15,18,20,24H,7-9,12,14H2,1-6H3,(H,25,26,28)/t18-,20-/m1/s1. The number of aromatic nitrogens is 2. The van der Waals surface area contributed by atoms with Crippen molar-refractivity contribution in [3.8, 4) is 0 Å². The van der Waals surface area contributed by atoms with Gasteiger partial charge in [-0.2, -0.15) is 0 Å². The van der Waals surface area contributed by atoms with Gasteiger partial charge in [-0.15, -0.1) is 0 Å². The number of anilines is 1. The third kappa shape index (κ3) is 5.39. The van der Waals surface area contributed by atoms with Crippen LogP contribution < -0.4 is 10.6 Å². The number of fused-ring (bicyclic) bond motifs is 1. The van der Waals surface area contributed by atoms with Gasteiger partial charge in [0.25, 0.3) is 0 Å². The summed E-state index contributed by atoms with van der Waals surface area (Å²) in [4.78, 5) is 30.0. The van der Waals surface area contributed by atoms with E-state index < -0.39 is 26.1 Å². The molecule has 2 atom stereocenters. The van der Waals surface area contributed by atoms with Crippen LogP contribution in [0.3, 0.4) is 0 Å². The van der Waals surface area contributed by atoms with E-state index >= 15 is 0 Å². The minimum absolute atomic E-state index is 0.113. The number of hydrogen-bond acceptors (Lipinski definition) is 6. The van der Waals surface area contributed by atoms with E-state index in [-0.39, 0.29) is 12.0 Å². The average Bonchev–Trinajstić information content (AvgIpc) is 3.37. The zero-order valence-electron chi connectivity index (χ0n) is 20.0. The van der Waals surface area contributed by atoms with E-state index in [1.54, 1.807) is 24.4 Å². The molecular formula is C23H36N4O4Si. The van der Waals surface area contributed by atoms with Gasteiger partial charge in [-0.25, -0.2) is 9.78 Å². The minimum atomic E-state index is -1.81. The lowest BCUT2D eigenvalue weighted by molar-refractivity contribution is -0.119. The highest BCUT2D eigenvalue weighted by atomic mass is 28.4. The second kappa shape index (κ2) is 9.72. The van der Waals surface area contributed by atoms with Gasteiger partial charge in [0, 0.05) is 6.20 Å². The van der Waals surface area contributed by atoms with Gasteiger partial charge in [-0.05, 0) is 70.1 Å². The number of ether oxygens (including phenoxy) is 1. The van der Waals surface area contributed by atoms with E-state index in [9.17, 15) is 9.59 Å². The maximum absolute atomic E-state index is 13.0. The smallest absolute Gasteiger partial charge is 0.419 e. The predicted octanol–water partition coefficient (Wildman–Crippen LogP) is 4.51. The second-order valence-electron chi connectivity index (χ2n) is 9.38. The van der Waals surface area contributed by atoms with Crippen LogP contribution >= 0.6 is 0 Å². The minimum Gasteiger partial charge on any atom is -0.443 e. The van der Waals surface area contributed by atoms with Crippen LogP contribution in [0.5, 0.6) is 0 Å². The molecule has 0 aliphatic carbocycles. The zero-order chi connectivity index (χ0) is 23.5. The number of nitrogens with zero attached hydrogens (tertiary/aromatic N) is 2. The SMILES string of the molecule is CC[Si](CC)(CC)O[C@@H]1CCN[C@H]1C(=O)Nc1ccc2c(ccn2C(=O)OC(C)(C)C)n1. The predicted molar refractivity (Wildman–Crippen MR) is 128 cm³/mol. The van der Waals surface area contributed by atoms with E-state index in [4.69, 9.17) is 9.16 Å². The van der Waals surface area contributed by atoms with Gasteiger partial charge in [-0.3, -0.25) is 9.36 Å². The van der Waals surface area contributed by atoms with E-state index in [0.717, 1.165) is 31.1 Å². The van der Waals surface area contributed by atoms with Gasteiger partial charge in [0.15, 0.2) is 8.32 Å². The van der Waals surface area contributed by atoms with Crippen LogP contribution in [0.25, 0.3) is 11.0 Å². The van der Waals surface area contributed by atoms with Gasteiger partial charge in [0.1, 0.15) is 17.5 Å². The number of pyridine rings is 1. The van der Waals surface area contributed by atoms with E-state index in [1.165, 1.54) is 4.57 Å². The third-order valence-corrected chi connectivity index (χ3v) is 10.8. The lowest BCUT2D eigenvalue weighted by Gasteiger charge is -2.33. The molecule has 0 aromatic carbocycles. The van der Waals surface area contributed by atoms with Crippen molar-refractivity contribution in [1.29, 1.82) is 0 Å². The summed E-state index contributed by atoms with van der Waals surface area (Å²) in [6.07, 6.45) is 1.89. The molecule has 1 aliphatic rings. The fraction of sp³-hybridized carbons (Fsp3) is 0.609. The first-order chi connectivity index (χ1) is 15.1. The molecule has 1 fully saturated rings. The molecule has 0 unspecified atom stereocenters. The Kier molecular flexibility index (Phi) is 7.42. The monoisotopic (exact) mass is 460 g/mol. The zero-order valence-corrected chi connectivity index (χ0v) is 21.0. The summed E-state index contributed by atoms with van der Waals surface area (Å²) in [5.74, 6) is 0.305.